The molecule has 1 aromatic carbocycles. The number of carbonyl (C=O) groups excluding carboxylic acids is 2. The Labute approximate surface area is 216 Å². The molecule has 0 spiro atoms. The van der Waals surface area contributed by atoms with Crippen LogP contribution in [0, 0.1) is 18.8 Å². The highest BCUT2D eigenvalue weighted by Crippen LogP contribution is 2.52. The maximum Gasteiger partial charge on any atom is 0.353 e. The molecule has 0 aromatic heterocycles. The smallest absolute Gasteiger partial charge is 0.353 e. The van der Waals surface area contributed by atoms with Crippen LogP contribution in [0.3, 0.4) is 0 Å². The predicted octanol–water partition coefficient (Wildman–Crippen LogP) is 1.92. The molecule has 36 heavy (non-hydrogen) atoms. The number of benzene rings is 1. The molecular formula is C26H35N3O6S. The van der Waals surface area contributed by atoms with E-state index < -0.39 is 18.0 Å². The van der Waals surface area contributed by atoms with Gasteiger partial charge in [0.05, 0.1) is 31.2 Å². The fourth-order valence-electron chi connectivity index (χ4n) is 5.80. The molecule has 3 aliphatic rings. The number of aryl methyl sites for hydroxylation is 1. The van der Waals surface area contributed by atoms with Gasteiger partial charge in [0.2, 0.25) is 11.8 Å². The van der Waals surface area contributed by atoms with Crippen LogP contribution < -0.4 is 4.74 Å². The molecule has 9 nitrogen and oxygen atoms in total. The van der Waals surface area contributed by atoms with Gasteiger partial charge in [0.1, 0.15) is 11.4 Å². The molecule has 0 saturated carbocycles. The molecule has 4 rings (SSSR count). The van der Waals surface area contributed by atoms with Gasteiger partial charge in [0, 0.05) is 43.3 Å². The largest absolute Gasteiger partial charge is 0.497 e. The molecule has 2 N–H and O–H groups in total. The number of aliphatic hydroxyl groups is 1. The van der Waals surface area contributed by atoms with Gasteiger partial charge in [-0.2, -0.15) is 0 Å². The van der Waals surface area contributed by atoms with Crippen molar-refractivity contribution in [3.63, 3.8) is 0 Å². The first-order valence-corrected chi connectivity index (χ1v) is 13.1. The maximum atomic E-state index is 13.1. The Morgan fingerprint density at radius 2 is 1.97 bits per heavy atom. The number of likely N-dealkylation sites (tertiary alicyclic amines) is 1. The van der Waals surface area contributed by atoms with E-state index in [4.69, 9.17) is 4.74 Å². The van der Waals surface area contributed by atoms with Gasteiger partial charge >= 0.3 is 5.97 Å². The molecule has 0 aliphatic carbocycles. The van der Waals surface area contributed by atoms with Gasteiger partial charge in [0.25, 0.3) is 0 Å². The van der Waals surface area contributed by atoms with Crippen LogP contribution in [0.25, 0.3) is 0 Å². The van der Waals surface area contributed by atoms with Crippen molar-refractivity contribution in [3.05, 3.63) is 39.9 Å². The van der Waals surface area contributed by atoms with Crippen molar-refractivity contribution < 1.29 is 29.3 Å². The fourth-order valence-corrected chi connectivity index (χ4v) is 7.36. The van der Waals surface area contributed by atoms with Gasteiger partial charge in [-0.3, -0.25) is 14.5 Å². The van der Waals surface area contributed by atoms with Crippen LogP contribution in [0.5, 0.6) is 5.75 Å². The zero-order chi connectivity index (χ0) is 26.5. The number of likely N-dealkylation sites (N-methyl/N-ethyl adjacent to an activating group) is 1. The van der Waals surface area contributed by atoms with E-state index in [0.29, 0.717) is 24.4 Å². The number of methoxy groups -OCH3 is 1. The number of β-lactam (4-membered cyclic amide) rings is 1. The summed E-state index contributed by atoms with van der Waals surface area (Å²) in [6, 6.07) is 5.33. The first kappa shape index (κ1) is 26.5. The van der Waals surface area contributed by atoms with Gasteiger partial charge < -0.3 is 24.7 Å². The SMILES string of the molecule is COc1cc(C)cc(CN2C[C@@H](SC3=C(C(=O)O)N4C(=O)[C@H]([C@@H](C)O)[C@H]4[C@H]3C)C[C@H]2C(=O)N(C)C)c1. The van der Waals surface area contributed by atoms with E-state index in [1.807, 2.05) is 26.0 Å². The number of hydrogen-bond donors (Lipinski definition) is 2. The van der Waals surface area contributed by atoms with Crippen molar-refractivity contribution in [3.8, 4) is 5.75 Å². The molecular weight excluding hydrogens is 482 g/mol. The second-order valence-corrected chi connectivity index (χ2v) is 11.6. The average molecular weight is 518 g/mol. The van der Waals surface area contributed by atoms with Gasteiger partial charge in [-0.1, -0.05) is 13.0 Å². The minimum Gasteiger partial charge on any atom is -0.497 e. The molecule has 0 unspecified atom stereocenters. The molecule has 2 fully saturated rings. The third-order valence-electron chi connectivity index (χ3n) is 7.43. The Bertz CT molecular complexity index is 1100. The van der Waals surface area contributed by atoms with Crippen molar-refractivity contribution in [2.75, 3.05) is 27.7 Å². The minimum absolute atomic E-state index is 0.0118. The van der Waals surface area contributed by atoms with E-state index in [2.05, 4.69) is 11.0 Å². The first-order chi connectivity index (χ1) is 16.9. The van der Waals surface area contributed by atoms with Gasteiger partial charge in [0.15, 0.2) is 0 Å². The molecule has 3 aliphatic heterocycles. The summed E-state index contributed by atoms with van der Waals surface area (Å²) < 4.78 is 5.42. The molecule has 196 valence electrons. The van der Waals surface area contributed by atoms with Crippen LogP contribution in [0.2, 0.25) is 0 Å². The highest BCUT2D eigenvalue weighted by molar-refractivity contribution is 8.03. The lowest BCUT2D eigenvalue weighted by Gasteiger charge is -2.46. The average Bonchev–Trinajstić information content (AvgIpc) is 3.29. The summed E-state index contributed by atoms with van der Waals surface area (Å²) in [5.74, 6) is -1.48. The van der Waals surface area contributed by atoms with Crippen LogP contribution >= 0.6 is 11.8 Å². The fraction of sp³-hybridized carbons (Fsp3) is 0.577. The van der Waals surface area contributed by atoms with E-state index in [1.54, 1.807) is 33.0 Å². The van der Waals surface area contributed by atoms with Gasteiger partial charge in [-0.25, -0.2) is 4.79 Å². The van der Waals surface area contributed by atoms with Crippen LogP contribution in [0.1, 0.15) is 31.4 Å². The number of amides is 2. The lowest BCUT2D eigenvalue weighted by Crippen LogP contribution is -2.63. The standard InChI is InChI=1S/C26H35N3O6S/c1-13-7-16(9-17(8-13)35-6)11-28-12-18(10-19(28)24(31)27(4)5)36-23-14(2)21-20(15(3)30)25(32)29(21)22(23)26(33)34/h7-9,14-15,18-21,30H,10-12H2,1-6H3,(H,33,34)/t14-,15-,18+,19+,20-,21-/m1/s1. The lowest BCUT2D eigenvalue weighted by atomic mass is 9.79. The van der Waals surface area contributed by atoms with Crippen LogP contribution in [0.4, 0.5) is 0 Å². The van der Waals surface area contributed by atoms with Crippen molar-refractivity contribution in [2.24, 2.45) is 11.8 Å². The Morgan fingerprint density at radius 1 is 1.28 bits per heavy atom. The highest BCUT2D eigenvalue weighted by Gasteiger charge is 2.60. The normalized spacial score (nSPS) is 28.7. The van der Waals surface area contributed by atoms with E-state index >= 15 is 0 Å². The second kappa shape index (κ2) is 10.1. The monoisotopic (exact) mass is 517 g/mol. The second-order valence-electron chi connectivity index (χ2n) is 10.3. The highest BCUT2D eigenvalue weighted by atomic mass is 32.2. The number of carboxylic acids is 1. The Hall–Kier alpha value is -2.56. The molecule has 0 bridgehead atoms. The van der Waals surface area contributed by atoms with Gasteiger partial charge in [-0.15, -0.1) is 11.8 Å². The summed E-state index contributed by atoms with van der Waals surface area (Å²) >= 11 is 1.47. The third-order valence-corrected chi connectivity index (χ3v) is 8.92. The number of carboxylic acid groups (broad SMARTS) is 1. The molecule has 2 amide bonds. The van der Waals surface area contributed by atoms with E-state index in [1.165, 1.54) is 16.7 Å². The number of nitrogens with zero attached hydrogens (tertiary/aromatic N) is 3. The zero-order valence-corrected chi connectivity index (χ0v) is 22.4. The van der Waals surface area contributed by atoms with Crippen LogP contribution in [-0.2, 0) is 20.9 Å². The number of ether oxygens (including phenoxy) is 1. The molecule has 2 saturated heterocycles. The van der Waals surface area contributed by atoms with Crippen LogP contribution in [0.15, 0.2) is 28.8 Å². The summed E-state index contributed by atoms with van der Waals surface area (Å²) in [4.78, 5) is 43.7. The predicted molar refractivity (Wildman–Crippen MR) is 136 cm³/mol. The molecule has 0 radical (unpaired) electrons. The van der Waals surface area contributed by atoms with E-state index in [0.717, 1.165) is 16.9 Å². The number of rotatable bonds is 8. The van der Waals surface area contributed by atoms with Crippen LogP contribution in [-0.4, -0.2) is 93.9 Å². The molecule has 1 aromatic rings. The Balaban J connectivity index is 1.59. The lowest BCUT2D eigenvalue weighted by molar-refractivity contribution is -0.163. The number of aliphatic carboxylic acids is 1. The summed E-state index contributed by atoms with van der Waals surface area (Å²) in [5, 5.41) is 20.1. The quantitative estimate of drug-likeness (QED) is 0.504. The zero-order valence-electron chi connectivity index (χ0n) is 21.6. The van der Waals surface area contributed by atoms with Crippen molar-refractivity contribution in [1.29, 1.82) is 0 Å². The van der Waals surface area contributed by atoms with Gasteiger partial charge in [-0.05, 0) is 43.5 Å². The minimum atomic E-state index is -1.13. The summed E-state index contributed by atoms with van der Waals surface area (Å²) in [7, 11) is 5.12. The topological polar surface area (TPSA) is 111 Å². The number of hydrogen-bond acceptors (Lipinski definition) is 7. The van der Waals surface area contributed by atoms with Crippen molar-refractivity contribution in [1.82, 2.24) is 14.7 Å². The maximum absolute atomic E-state index is 13.1. The van der Waals surface area contributed by atoms with Crippen molar-refractivity contribution >= 4 is 29.5 Å². The number of thioether (sulfide) groups is 1. The summed E-state index contributed by atoms with van der Waals surface area (Å²) in [6.45, 7) is 6.67. The molecule has 10 heteroatoms. The van der Waals surface area contributed by atoms with E-state index in [-0.39, 0.29) is 40.8 Å². The number of aliphatic hydroxyl groups excluding tert-OH is 1. The first-order valence-electron chi connectivity index (χ1n) is 12.2. The summed E-state index contributed by atoms with van der Waals surface area (Å²) in [6.07, 6.45) is -0.261. The third kappa shape index (κ3) is 4.62. The summed E-state index contributed by atoms with van der Waals surface area (Å²) in [5.41, 5.74) is 2.14. The Kier molecular flexibility index (Phi) is 7.41. The number of fused-ring (bicyclic) bond motifs is 1. The van der Waals surface area contributed by atoms with Crippen molar-refractivity contribution in [2.45, 2.75) is 57.2 Å². The Morgan fingerprint density at radius 3 is 2.56 bits per heavy atom. The molecule has 3 heterocycles. The van der Waals surface area contributed by atoms with E-state index in [9.17, 15) is 24.6 Å². The number of carbonyl (C=O) groups is 3. The molecule has 6 atom stereocenters.